The van der Waals surface area contributed by atoms with E-state index in [0.29, 0.717) is 22.4 Å². The van der Waals surface area contributed by atoms with Crippen LogP contribution in [0.4, 0.5) is 0 Å². The molecule has 88 valence electrons. The van der Waals surface area contributed by atoms with Gasteiger partial charge in [-0.25, -0.2) is 0 Å². The van der Waals surface area contributed by atoms with Crippen LogP contribution in [0.15, 0.2) is 22.7 Å². The largest absolute Gasteiger partial charge is 0.493 e. The monoisotopic (exact) mass is 288 g/mol. The molecule has 0 radical (unpaired) electrons. The molecule has 1 rings (SSSR count). The Labute approximate surface area is 102 Å². The number of carboxylic acids is 1. The molecule has 0 aliphatic carbocycles. The van der Waals surface area contributed by atoms with Crippen molar-refractivity contribution >= 4 is 21.9 Å². The molecule has 4 nitrogen and oxygen atoms in total. The van der Waals surface area contributed by atoms with Crippen molar-refractivity contribution in [1.82, 2.24) is 0 Å². The van der Waals surface area contributed by atoms with Crippen molar-refractivity contribution in [2.45, 2.75) is 19.4 Å². The summed E-state index contributed by atoms with van der Waals surface area (Å²) in [5.74, 6) is -0.355. The first-order chi connectivity index (χ1) is 7.54. The van der Waals surface area contributed by atoms with Gasteiger partial charge in [0, 0.05) is 0 Å². The molecule has 0 spiro atoms. The van der Waals surface area contributed by atoms with Crippen molar-refractivity contribution in [1.29, 1.82) is 0 Å². The van der Waals surface area contributed by atoms with Gasteiger partial charge in [0.1, 0.15) is 5.75 Å². The van der Waals surface area contributed by atoms with E-state index >= 15 is 0 Å². The zero-order valence-corrected chi connectivity index (χ0v) is 10.4. The summed E-state index contributed by atoms with van der Waals surface area (Å²) >= 11 is 3.30. The van der Waals surface area contributed by atoms with Crippen LogP contribution >= 0.6 is 15.9 Å². The molecule has 0 aliphatic rings. The summed E-state index contributed by atoms with van der Waals surface area (Å²) in [6, 6.07) is 5.02. The van der Waals surface area contributed by atoms with Crippen LogP contribution in [0, 0.1) is 0 Å². The molecule has 0 saturated heterocycles. The number of aliphatic carboxylic acids is 1. The first-order valence-corrected chi connectivity index (χ1v) is 5.66. The maximum Gasteiger partial charge on any atom is 0.306 e. The van der Waals surface area contributed by atoms with Gasteiger partial charge in [-0.05, 0) is 40.5 Å². The van der Waals surface area contributed by atoms with Gasteiger partial charge in [-0.1, -0.05) is 6.07 Å². The third kappa shape index (κ3) is 3.50. The molecule has 0 amide bonds. The highest BCUT2D eigenvalue weighted by molar-refractivity contribution is 9.10. The Hall–Kier alpha value is -1.07. The molecule has 1 aromatic rings. The molecule has 0 bridgehead atoms. The predicted molar refractivity (Wildman–Crippen MR) is 62.5 cm³/mol. The fourth-order valence-corrected chi connectivity index (χ4v) is 1.79. The number of halogens is 1. The number of hydrogen-bond acceptors (Lipinski definition) is 3. The van der Waals surface area contributed by atoms with E-state index in [4.69, 9.17) is 9.84 Å². The fourth-order valence-electron chi connectivity index (χ4n) is 1.28. The van der Waals surface area contributed by atoms with Gasteiger partial charge in [0.25, 0.3) is 0 Å². The first kappa shape index (κ1) is 13.0. The third-order valence-corrected chi connectivity index (χ3v) is 2.63. The lowest BCUT2D eigenvalue weighted by Crippen LogP contribution is -2.05. The molecular weight excluding hydrogens is 276 g/mol. The second-order valence-electron chi connectivity index (χ2n) is 3.24. The van der Waals surface area contributed by atoms with Crippen LogP contribution in [0.3, 0.4) is 0 Å². The highest BCUT2D eigenvalue weighted by Gasteiger charge is 2.13. The topological polar surface area (TPSA) is 66.8 Å². The SMILES string of the molecule is CCOc1ccc(C(O)CC(=O)O)cc1Br. The minimum Gasteiger partial charge on any atom is -0.493 e. The van der Waals surface area contributed by atoms with Crippen molar-refractivity contribution in [3.63, 3.8) is 0 Å². The quantitative estimate of drug-likeness (QED) is 0.873. The number of aliphatic hydroxyl groups is 1. The maximum atomic E-state index is 10.4. The second-order valence-corrected chi connectivity index (χ2v) is 4.09. The fraction of sp³-hybridized carbons (Fsp3) is 0.364. The molecule has 0 saturated carbocycles. The zero-order valence-electron chi connectivity index (χ0n) is 8.81. The molecule has 0 fully saturated rings. The van der Waals surface area contributed by atoms with Crippen LogP contribution in [0.1, 0.15) is 25.0 Å². The smallest absolute Gasteiger partial charge is 0.306 e. The van der Waals surface area contributed by atoms with Crippen LogP contribution in [0.5, 0.6) is 5.75 Å². The highest BCUT2D eigenvalue weighted by Crippen LogP contribution is 2.29. The van der Waals surface area contributed by atoms with Crippen LogP contribution in [-0.2, 0) is 4.79 Å². The number of benzene rings is 1. The summed E-state index contributed by atoms with van der Waals surface area (Å²) in [5.41, 5.74) is 0.553. The summed E-state index contributed by atoms with van der Waals surface area (Å²) in [6.45, 7) is 2.43. The van der Waals surface area contributed by atoms with Gasteiger partial charge in [0.15, 0.2) is 0 Å². The maximum absolute atomic E-state index is 10.4. The van der Waals surface area contributed by atoms with Crippen molar-refractivity contribution in [3.8, 4) is 5.75 Å². The highest BCUT2D eigenvalue weighted by atomic mass is 79.9. The van der Waals surface area contributed by atoms with Crippen molar-refractivity contribution in [2.24, 2.45) is 0 Å². The van der Waals surface area contributed by atoms with E-state index in [0.717, 1.165) is 0 Å². The van der Waals surface area contributed by atoms with Gasteiger partial charge >= 0.3 is 5.97 Å². The lowest BCUT2D eigenvalue weighted by molar-refractivity contribution is -0.139. The van der Waals surface area contributed by atoms with Crippen LogP contribution in [-0.4, -0.2) is 22.8 Å². The molecule has 0 aliphatic heterocycles. The Morgan fingerprint density at radius 3 is 2.75 bits per heavy atom. The third-order valence-electron chi connectivity index (χ3n) is 2.01. The van der Waals surface area contributed by atoms with Crippen LogP contribution < -0.4 is 4.74 Å². The number of hydrogen-bond donors (Lipinski definition) is 2. The lowest BCUT2D eigenvalue weighted by atomic mass is 10.1. The van der Waals surface area contributed by atoms with Crippen LogP contribution in [0.2, 0.25) is 0 Å². The van der Waals surface area contributed by atoms with Gasteiger partial charge < -0.3 is 14.9 Å². The minimum absolute atomic E-state index is 0.305. The average Bonchev–Trinajstić information content (AvgIpc) is 2.20. The summed E-state index contributed by atoms with van der Waals surface area (Å²) in [5, 5.41) is 18.2. The first-order valence-electron chi connectivity index (χ1n) is 4.86. The zero-order chi connectivity index (χ0) is 12.1. The molecule has 16 heavy (non-hydrogen) atoms. The second kappa shape index (κ2) is 5.86. The molecule has 5 heteroatoms. The number of carbonyl (C=O) groups is 1. The summed E-state index contributed by atoms with van der Waals surface area (Å²) in [6.07, 6.45) is -1.30. The molecule has 2 N–H and O–H groups in total. The normalized spacial score (nSPS) is 12.2. The molecule has 1 unspecified atom stereocenters. The van der Waals surface area contributed by atoms with E-state index < -0.39 is 12.1 Å². The van der Waals surface area contributed by atoms with E-state index in [2.05, 4.69) is 15.9 Å². The summed E-state index contributed by atoms with van der Waals surface area (Å²) in [4.78, 5) is 10.4. The Bertz CT molecular complexity index is 378. The summed E-state index contributed by atoms with van der Waals surface area (Å²) in [7, 11) is 0. The van der Waals surface area contributed by atoms with E-state index in [-0.39, 0.29) is 6.42 Å². The molecular formula is C11H13BrO4. The van der Waals surface area contributed by atoms with Crippen molar-refractivity contribution < 1.29 is 19.7 Å². The van der Waals surface area contributed by atoms with E-state index in [1.54, 1.807) is 18.2 Å². The predicted octanol–water partition coefficient (Wildman–Crippen LogP) is 2.36. The Kier molecular flexibility index (Phi) is 4.76. The number of rotatable bonds is 5. The average molecular weight is 289 g/mol. The van der Waals surface area contributed by atoms with Gasteiger partial charge in [-0.15, -0.1) is 0 Å². The lowest BCUT2D eigenvalue weighted by Gasteiger charge is -2.11. The number of aliphatic hydroxyl groups excluding tert-OH is 1. The molecule has 1 atom stereocenters. The Morgan fingerprint density at radius 1 is 1.56 bits per heavy atom. The number of carboxylic acid groups (broad SMARTS) is 1. The Balaban J connectivity index is 2.83. The molecule has 0 heterocycles. The minimum atomic E-state index is -1.03. The van der Waals surface area contributed by atoms with E-state index in [9.17, 15) is 9.90 Å². The standard InChI is InChI=1S/C11H13BrO4/c1-2-16-10-4-3-7(5-8(10)12)9(13)6-11(14)15/h3-5,9,13H,2,6H2,1H3,(H,14,15). The van der Waals surface area contributed by atoms with Gasteiger partial charge in [-0.3, -0.25) is 4.79 Å². The van der Waals surface area contributed by atoms with E-state index in [1.807, 2.05) is 6.92 Å². The van der Waals surface area contributed by atoms with Gasteiger partial charge in [-0.2, -0.15) is 0 Å². The van der Waals surface area contributed by atoms with Crippen molar-refractivity contribution in [3.05, 3.63) is 28.2 Å². The molecule has 0 aromatic heterocycles. The van der Waals surface area contributed by atoms with Crippen LogP contribution in [0.25, 0.3) is 0 Å². The summed E-state index contributed by atoms with van der Waals surface area (Å²) < 4.78 is 6.01. The van der Waals surface area contributed by atoms with Gasteiger partial charge in [0.2, 0.25) is 0 Å². The van der Waals surface area contributed by atoms with E-state index in [1.165, 1.54) is 0 Å². The van der Waals surface area contributed by atoms with Crippen molar-refractivity contribution in [2.75, 3.05) is 6.61 Å². The van der Waals surface area contributed by atoms with Gasteiger partial charge in [0.05, 0.1) is 23.6 Å². The molecule has 1 aromatic carbocycles. The number of ether oxygens (including phenoxy) is 1. The Morgan fingerprint density at radius 2 is 2.25 bits per heavy atom.